The van der Waals surface area contributed by atoms with E-state index in [1.165, 1.54) is 7.11 Å². The van der Waals surface area contributed by atoms with Crippen LogP contribution in [0.2, 0.25) is 0 Å². The fourth-order valence-electron chi connectivity index (χ4n) is 2.69. The van der Waals surface area contributed by atoms with E-state index < -0.39 is 18.2 Å². The molecule has 1 aliphatic heterocycles. The van der Waals surface area contributed by atoms with Gasteiger partial charge in [0.25, 0.3) is 0 Å². The molecule has 0 radical (unpaired) electrons. The highest BCUT2D eigenvalue weighted by molar-refractivity contribution is 5.39. The summed E-state index contributed by atoms with van der Waals surface area (Å²) in [5.41, 5.74) is -2.39. The van der Waals surface area contributed by atoms with Gasteiger partial charge in [-0.2, -0.15) is 13.2 Å². The van der Waals surface area contributed by atoms with Gasteiger partial charge < -0.3 is 20.1 Å². The molecule has 0 amide bonds. The van der Waals surface area contributed by atoms with Crippen molar-refractivity contribution in [2.75, 3.05) is 7.11 Å². The monoisotopic (exact) mass is 318 g/mol. The third kappa shape index (κ3) is 3.47. The molecule has 0 saturated carbocycles. The Balaban J connectivity index is 2.32. The number of aromatic nitrogens is 1. The van der Waals surface area contributed by atoms with Crippen molar-refractivity contribution >= 4 is 12.3 Å². The second kappa shape index (κ2) is 5.96. The van der Waals surface area contributed by atoms with E-state index in [0.717, 1.165) is 5.22 Å². The third-order valence-electron chi connectivity index (χ3n) is 3.67. The molecule has 1 aromatic heterocycles. The Morgan fingerprint density at radius 3 is 2.59 bits per heavy atom. The Hall–Kier alpha value is -1.47. The molecule has 2 rings (SSSR count). The summed E-state index contributed by atoms with van der Waals surface area (Å²) in [5, 5.41) is 14.5. The number of nitrogens with one attached hydrogen (secondary N) is 2. The maximum absolute atomic E-state index is 13.2. The zero-order valence-corrected chi connectivity index (χ0v) is 12.8. The zero-order chi connectivity index (χ0) is 16.5. The number of halogens is 3. The zero-order valence-electron chi connectivity index (χ0n) is 12.8. The molecular weight excluding hydrogens is 297 g/mol. The molecule has 0 bridgehead atoms. The van der Waals surface area contributed by atoms with E-state index in [9.17, 15) is 18.3 Å². The lowest BCUT2D eigenvalue weighted by atomic mass is 9.87. The predicted octanol–water partition coefficient (Wildman–Crippen LogP) is 0.991. The molecule has 0 aliphatic carbocycles. The van der Waals surface area contributed by atoms with Crippen LogP contribution in [0.1, 0.15) is 26.0 Å². The Morgan fingerprint density at radius 1 is 1.36 bits per heavy atom. The number of fused-ring (bicyclic) bond motifs is 1. The molecule has 0 fully saturated rings. The molecule has 0 saturated heterocycles. The molecule has 2 heterocycles. The number of alkyl halides is 3. The standard InChI is InChI=1S/C15H21F3N2O2/c1-9(2)6-14(21,15(16,17)18)7-11-4-10-8-19-13(22-3)5-12(10)20-11/h4-5,8-9,13,19-21H,6-7H2,1-3H3. The fraction of sp³-hybridized carbons (Fsp3) is 0.600. The van der Waals surface area contributed by atoms with Crippen molar-refractivity contribution < 1.29 is 23.0 Å². The van der Waals surface area contributed by atoms with Crippen LogP contribution in [0.3, 0.4) is 0 Å². The smallest absolute Gasteiger partial charge is 0.380 e. The topological polar surface area (TPSA) is 57.3 Å². The van der Waals surface area contributed by atoms with Gasteiger partial charge in [-0.15, -0.1) is 0 Å². The first-order valence-corrected chi connectivity index (χ1v) is 7.12. The molecule has 1 aliphatic rings. The van der Waals surface area contributed by atoms with Gasteiger partial charge in [-0.25, -0.2) is 0 Å². The first kappa shape index (κ1) is 16.9. The van der Waals surface area contributed by atoms with Gasteiger partial charge in [0, 0.05) is 36.0 Å². The lowest BCUT2D eigenvalue weighted by molar-refractivity contribution is -0.265. The fourth-order valence-corrected chi connectivity index (χ4v) is 2.69. The van der Waals surface area contributed by atoms with Crippen LogP contribution in [0, 0.1) is 5.92 Å². The van der Waals surface area contributed by atoms with Crippen LogP contribution in [0.5, 0.6) is 0 Å². The summed E-state index contributed by atoms with van der Waals surface area (Å²) < 4.78 is 44.8. The molecule has 22 heavy (non-hydrogen) atoms. The lowest BCUT2D eigenvalue weighted by Gasteiger charge is -2.31. The van der Waals surface area contributed by atoms with Gasteiger partial charge in [-0.3, -0.25) is 0 Å². The van der Waals surface area contributed by atoms with Crippen molar-refractivity contribution in [3.05, 3.63) is 22.3 Å². The van der Waals surface area contributed by atoms with Crippen LogP contribution in [0.4, 0.5) is 13.2 Å². The van der Waals surface area contributed by atoms with Crippen molar-refractivity contribution in [1.82, 2.24) is 10.3 Å². The van der Waals surface area contributed by atoms with E-state index in [1.807, 2.05) is 0 Å². The van der Waals surface area contributed by atoms with Gasteiger partial charge in [0.1, 0.15) is 6.23 Å². The predicted molar refractivity (Wildman–Crippen MR) is 77.1 cm³/mol. The van der Waals surface area contributed by atoms with Crippen LogP contribution in [0.15, 0.2) is 6.07 Å². The lowest BCUT2D eigenvalue weighted by Crippen LogP contribution is -2.48. The molecule has 4 nitrogen and oxygen atoms in total. The molecule has 3 N–H and O–H groups in total. The number of ether oxygens (including phenoxy) is 1. The summed E-state index contributed by atoms with van der Waals surface area (Å²) in [5.74, 6) is -0.270. The summed E-state index contributed by atoms with van der Waals surface area (Å²) in [6.45, 7) is 3.32. The Bertz CT molecular complexity index is 636. The van der Waals surface area contributed by atoms with E-state index >= 15 is 0 Å². The average molecular weight is 318 g/mol. The number of aliphatic hydroxyl groups is 1. The van der Waals surface area contributed by atoms with Crippen LogP contribution < -0.4 is 15.9 Å². The third-order valence-corrected chi connectivity index (χ3v) is 3.67. The van der Waals surface area contributed by atoms with Crippen LogP contribution in [-0.2, 0) is 11.2 Å². The number of hydrogen-bond acceptors (Lipinski definition) is 3. The first-order valence-electron chi connectivity index (χ1n) is 7.12. The first-order chi connectivity index (χ1) is 10.1. The van der Waals surface area contributed by atoms with E-state index in [0.29, 0.717) is 11.0 Å². The minimum atomic E-state index is -4.68. The van der Waals surface area contributed by atoms with Crippen LogP contribution in [0.25, 0.3) is 12.3 Å². The van der Waals surface area contributed by atoms with Crippen molar-refractivity contribution in [3.63, 3.8) is 0 Å². The minimum absolute atomic E-state index is 0.270. The maximum atomic E-state index is 13.2. The van der Waals surface area contributed by atoms with Gasteiger partial charge in [-0.05, 0) is 24.5 Å². The molecular formula is C15H21F3N2O2. The summed E-state index contributed by atoms with van der Waals surface area (Å²) in [7, 11) is 1.53. The highest BCUT2D eigenvalue weighted by Crippen LogP contribution is 2.37. The molecule has 0 spiro atoms. The number of rotatable bonds is 5. The highest BCUT2D eigenvalue weighted by atomic mass is 19.4. The number of H-pyrrole nitrogens is 1. The van der Waals surface area contributed by atoms with Gasteiger partial charge in [0.2, 0.25) is 0 Å². The van der Waals surface area contributed by atoms with Crippen molar-refractivity contribution in [1.29, 1.82) is 0 Å². The van der Waals surface area contributed by atoms with E-state index in [-0.39, 0.29) is 18.6 Å². The number of aromatic amines is 1. The summed E-state index contributed by atoms with van der Waals surface area (Å²) in [6.07, 6.45) is -2.42. The van der Waals surface area contributed by atoms with Gasteiger partial charge in [0.05, 0.1) is 0 Å². The van der Waals surface area contributed by atoms with Crippen molar-refractivity contribution in [2.45, 2.75) is 44.7 Å². The van der Waals surface area contributed by atoms with E-state index in [4.69, 9.17) is 4.74 Å². The van der Waals surface area contributed by atoms with Crippen LogP contribution in [-0.4, -0.2) is 35.2 Å². The highest BCUT2D eigenvalue weighted by Gasteiger charge is 2.53. The Kier molecular flexibility index (Phi) is 4.58. The SMILES string of the molecule is COC1C=c2[nH]c(CC(O)(CC(C)C)C(F)(F)F)cc2=CN1. The minimum Gasteiger partial charge on any atom is -0.380 e. The number of hydrogen-bond donors (Lipinski definition) is 3. The quantitative estimate of drug-likeness (QED) is 0.759. The van der Waals surface area contributed by atoms with Crippen molar-refractivity contribution in [3.8, 4) is 0 Å². The molecule has 124 valence electrons. The second-order valence-corrected chi connectivity index (χ2v) is 6.10. The van der Waals surface area contributed by atoms with Crippen LogP contribution >= 0.6 is 0 Å². The maximum Gasteiger partial charge on any atom is 0.417 e. The molecule has 2 unspecified atom stereocenters. The van der Waals surface area contributed by atoms with E-state index in [1.54, 1.807) is 32.2 Å². The molecule has 2 atom stereocenters. The molecule has 7 heteroatoms. The van der Waals surface area contributed by atoms with Gasteiger partial charge in [-0.1, -0.05) is 13.8 Å². The molecule has 0 aromatic carbocycles. The summed E-state index contributed by atoms with van der Waals surface area (Å²) >= 11 is 0. The normalized spacial score (nSPS) is 20.6. The van der Waals surface area contributed by atoms with Crippen molar-refractivity contribution in [2.24, 2.45) is 5.92 Å². The van der Waals surface area contributed by atoms with Gasteiger partial charge >= 0.3 is 6.18 Å². The Labute approximate surface area is 126 Å². The Morgan fingerprint density at radius 2 is 2.05 bits per heavy atom. The largest absolute Gasteiger partial charge is 0.417 e. The number of methoxy groups -OCH3 is 1. The van der Waals surface area contributed by atoms with E-state index in [2.05, 4.69) is 10.3 Å². The average Bonchev–Trinajstić information content (AvgIpc) is 2.76. The summed E-state index contributed by atoms with van der Waals surface area (Å²) in [4.78, 5) is 2.93. The van der Waals surface area contributed by atoms with Gasteiger partial charge in [0.15, 0.2) is 5.60 Å². The summed E-state index contributed by atoms with van der Waals surface area (Å²) in [6, 6.07) is 1.61. The second-order valence-electron chi connectivity index (χ2n) is 6.10. The molecule has 1 aromatic rings.